The maximum absolute atomic E-state index is 11.0. The van der Waals surface area contributed by atoms with Crippen LogP contribution in [0.2, 0.25) is 5.02 Å². The van der Waals surface area contributed by atoms with Crippen LogP contribution in [-0.2, 0) is 20.1 Å². The third-order valence-electron chi connectivity index (χ3n) is 3.37. The number of nitrogens with zero attached hydrogens (tertiary/aromatic N) is 3. The molecule has 0 atom stereocenters. The predicted octanol–water partition coefficient (Wildman–Crippen LogP) is 2.11. The standard InChI is InChI=1S/C15H19ClN4O/c1-10-14(16)13(20(3)18-10)9-19(2)8-11-4-6-12(7-5-11)15(17)21/h4-7H,8-9H2,1-3H3,(H2,17,21). The van der Waals surface area contributed by atoms with E-state index in [1.807, 2.05) is 37.8 Å². The maximum Gasteiger partial charge on any atom is 0.248 e. The van der Waals surface area contributed by atoms with Crippen molar-refractivity contribution < 1.29 is 4.79 Å². The zero-order chi connectivity index (χ0) is 15.6. The first-order valence-electron chi connectivity index (χ1n) is 6.63. The van der Waals surface area contributed by atoms with E-state index >= 15 is 0 Å². The highest BCUT2D eigenvalue weighted by molar-refractivity contribution is 6.31. The molecule has 0 saturated carbocycles. The number of benzene rings is 1. The van der Waals surface area contributed by atoms with Gasteiger partial charge in [0.2, 0.25) is 5.91 Å². The lowest BCUT2D eigenvalue weighted by atomic mass is 10.1. The van der Waals surface area contributed by atoms with Crippen LogP contribution in [0, 0.1) is 6.92 Å². The molecular weight excluding hydrogens is 288 g/mol. The molecule has 0 aliphatic carbocycles. The molecule has 0 spiro atoms. The third kappa shape index (κ3) is 3.62. The van der Waals surface area contributed by atoms with Crippen LogP contribution in [0.3, 0.4) is 0 Å². The van der Waals surface area contributed by atoms with E-state index in [0.717, 1.165) is 23.5 Å². The fraction of sp³-hybridized carbons (Fsp3) is 0.333. The summed E-state index contributed by atoms with van der Waals surface area (Å²) in [5, 5.41) is 5.02. The molecule has 2 rings (SSSR count). The summed E-state index contributed by atoms with van der Waals surface area (Å²) in [6, 6.07) is 7.30. The second-order valence-electron chi connectivity index (χ2n) is 5.20. The van der Waals surface area contributed by atoms with Crippen LogP contribution in [0.5, 0.6) is 0 Å². The minimum Gasteiger partial charge on any atom is -0.366 e. The molecule has 0 fully saturated rings. The van der Waals surface area contributed by atoms with Crippen molar-refractivity contribution in [2.24, 2.45) is 12.8 Å². The second kappa shape index (κ2) is 6.28. The Labute approximate surface area is 129 Å². The van der Waals surface area contributed by atoms with Crippen LogP contribution in [-0.4, -0.2) is 27.6 Å². The highest BCUT2D eigenvalue weighted by Gasteiger charge is 2.13. The Morgan fingerprint density at radius 1 is 1.33 bits per heavy atom. The van der Waals surface area contributed by atoms with Gasteiger partial charge in [0, 0.05) is 25.7 Å². The summed E-state index contributed by atoms with van der Waals surface area (Å²) >= 11 is 6.26. The third-order valence-corrected chi connectivity index (χ3v) is 3.86. The van der Waals surface area contributed by atoms with E-state index in [1.54, 1.807) is 12.1 Å². The first-order valence-corrected chi connectivity index (χ1v) is 7.01. The van der Waals surface area contributed by atoms with Crippen LogP contribution in [0.1, 0.15) is 27.3 Å². The number of aryl methyl sites for hydroxylation is 2. The number of carbonyl (C=O) groups excluding carboxylic acids is 1. The van der Waals surface area contributed by atoms with Gasteiger partial charge in [-0.1, -0.05) is 23.7 Å². The van der Waals surface area contributed by atoms with E-state index in [0.29, 0.717) is 17.1 Å². The molecule has 2 aromatic rings. The van der Waals surface area contributed by atoms with Crippen LogP contribution in [0.4, 0.5) is 0 Å². The van der Waals surface area contributed by atoms with E-state index < -0.39 is 5.91 Å². The molecule has 1 aromatic heterocycles. The van der Waals surface area contributed by atoms with E-state index in [1.165, 1.54) is 0 Å². The topological polar surface area (TPSA) is 64.2 Å². The number of carbonyl (C=O) groups is 1. The monoisotopic (exact) mass is 306 g/mol. The van der Waals surface area contributed by atoms with E-state index in [2.05, 4.69) is 10.00 Å². The number of hydrogen-bond acceptors (Lipinski definition) is 3. The Bertz CT molecular complexity index is 648. The SMILES string of the molecule is Cc1nn(C)c(CN(C)Cc2ccc(C(N)=O)cc2)c1Cl. The molecule has 1 aromatic carbocycles. The molecule has 21 heavy (non-hydrogen) atoms. The number of nitrogens with two attached hydrogens (primary N) is 1. The largest absolute Gasteiger partial charge is 0.366 e. The van der Waals surface area contributed by atoms with Crippen molar-refractivity contribution in [1.29, 1.82) is 0 Å². The summed E-state index contributed by atoms with van der Waals surface area (Å²) in [5.41, 5.74) is 8.69. The molecule has 0 saturated heterocycles. The van der Waals surface area contributed by atoms with Gasteiger partial charge in [-0.05, 0) is 31.7 Å². The number of primary amides is 1. The van der Waals surface area contributed by atoms with E-state index in [-0.39, 0.29) is 0 Å². The average molecular weight is 307 g/mol. The van der Waals surface area contributed by atoms with Crippen molar-refractivity contribution in [3.63, 3.8) is 0 Å². The van der Waals surface area contributed by atoms with Gasteiger partial charge in [-0.3, -0.25) is 14.4 Å². The van der Waals surface area contributed by atoms with Crippen LogP contribution in [0.15, 0.2) is 24.3 Å². The van der Waals surface area contributed by atoms with Gasteiger partial charge in [-0.2, -0.15) is 5.10 Å². The summed E-state index contributed by atoms with van der Waals surface area (Å²) in [6.45, 7) is 3.35. The number of hydrogen-bond donors (Lipinski definition) is 1. The summed E-state index contributed by atoms with van der Waals surface area (Å²) < 4.78 is 1.81. The van der Waals surface area contributed by atoms with Crippen LogP contribution in [0.25, 0.3) is 0 Å². The lowest BCUT2D eigenvalue weighted by Crippen LogP contribution is -2.19. The van der Waals surface area contributed by atoms with Crippen molar-refractivity contribution in [1.82, 2.24) is 14.7 Å². The molecule has 1 heterocycles. The van der Waals surface area contributed by atoms with Crippen molar-refractivity contribution >= 4 is 17.5 Å². The Kier molecular flexibility index (Phi) is 4.65. The zero-order valence-corrected chi connectivity index (χ0v) is 13.2. The fourth-order valence-corrected chi connectivity index (χ4v) is 2.47. The Balaban J connectivity index is 2.04. The Hall–Kier alpha value is -1.85. The molecule has 0 unspecified atom stereocenters. The van der Waals surface area contributed by atoms with Crippen molar-refractivity contribution in [2.45, 2.75) is 20.0 Å². The molecule has 0 bridgehead atoms. The van der Waals surface area contributed by atoms with Gasteiger partial charge in [0.25, 0.3) is 0 Å². The molecule has 2 N–H and O–H groups in total. The first-order chi connectivity index (χ1) is 9.88. The quantitative estimate of drug-likeness (QED) is 0.920. The van der Waals surface area contributed by atoms with Gasteiger partial charge < -0.3 is 5.73 Å². The Morgan fingerprint density at radius 2 is 1.95 bits per heavy atom. The van der Waals surface area contributed by atoms with E-state index in [9.17, 15) is 4.79 Å². The summed E-state index contributed by atoms with van der Waals surface area (Å²) in [4.78, 5) is 13.2. The molecule has 0 aliphatic rings. The molecule has 1 amide bonds. The highest BCUT2D eigenvalue weighted by atomic mass is 35.5. The zero-order valence-electron chi connectivity index (χ0n) is 12.4. The van der Waals surface area contributed by atoms with Gasteiger partial charge in [0.05, 0.1) is 16.4 Å². The summed E-state index contributed by atoms with van der Waals surface area (Å²) in [6.07, 6.45) is 0. The normalized spacial score (nSPS) is 11.1. The highest BCUT2D eigenvalue weighted by Crippen LogP contribution is 2.21. The molecule has 0 radical (unpaired) electrons. The smallest absolute Gasteiger partial charge is 0.248 e. The molecule has 112 valence electrons. The van der Waals surface area contributed by atoms with E-state index in [4.69, 9.17) is 17.3 Å². The number of amides is 1. The summed E-state index contributed by atoms with van der Waals surface area (Å²) in [5.74, 6) is -0.410. The van der Waals surface area contributed by atoms with Crippen LogP contribution < -0.4 is 5.73 Å². The van der Waals surface area contributed by atoms with Gasteiger partial charge in [0.1, 0.15) is 0 Å². The lowest BCUT2D eigenvalue weighted by Gasteiger charge is -2.17. The molecule has 0 aliphatic heterocycles. The minimum absolute atomic E-state index is 0.410. The first kappa shape index (κ1) is 15.5. The number of rotatable bonds is 5. The van der Waals surface area contributed by atoms with Crippen molar-refractivity contribution in [2.75, 3.05) is 7.05 Å². The van der Waals surface area contributed by atoms with Crippen molar-refractivity contribution in [3.05, 3.63) is 51.8 Å². The number of aromatic nitrogens is 2. The molecular formula is C15H19ClN4O. The van der Waals surface area contributed by atoms with Crippen molar-refractivity contribution in [3.8, 4) is 0 Å². The Morgan fingerprint density at radius 3 is 2.43 bits per heavy atom. The van der Waals surface area contributed by atoms with Crippen LogP contribution >= 0.6 is 11.6 Å². The predicted molar refractivity (Wildman–Crippen MR) is 83.1 cm³/mol. The average Bonchev–Trinajstić information content (AvgIpc) is 2.66. The maximum atomic E-state index is 11.0. The van der Waals surface area contributed by atoms with Gasteiger partial charge in [-0.25, -0.2) is 0 Å². The summed E-state index contributed by atoms with van der Waals surface area (Å²) in [7, 11) is 3.91. The number of halogens is 1. The molecule has 6 heteroatoms. The second-order valence-corrected chi connectivity index (χ2v) is 5.58. The minimum atomic E-state index is -0.410. The van der Waals surface area contributed by atoms with Gasteiger partial charge >= 0.3 is 0 Å². The van der Waals surface area contributed by atoms with Gasteiger partial charge in [0.15, 0.2) is 0 Å². The fourth-order valence-electron chi connectivity index (χ4n) is 2.25. The van der Waals surface area contributed by atoms with Gasteiger partial charge in [-0.15, -0.1) is 0 Å². The lowest BCUT2D eigenvalue weighted by molar-refractivity contribution is 0.100. The molecule has 5 nitrogen and oxygen atoms in total.